The fourth-order valence-electron chi connectivity index (χ4n) is 3.79. The number of nitrogens with two attached hydrogens (primary N) is 1. The van der Waals surface area contributed by atoms with Crippen LogP contribution in [0.5, 0.6) is 5.75 Å². The van der Waals surface area contributed by atoms with Crippen molar-refractivity contribution in [2.75, 3.05) is 45.2 Å². The van der Waals surface area contributed by atoms with E-state index in [9.17, 15) is 9.59 Å². The van der Waals surface area contributed by atoms with Crippen molar-refractivity contribution < 1.29 is 19.1 Å². The van der Waals surface area contributed by atoms with E-state index in [1.165, 1.54) is 6.08 Å². The minimum atomic E-state index is -0.197. The van der Waals surface area contributed by atoms with Crippen LogP contribution in [0.4, 0.5) is 5.82 Å². The van der Waals surface area contributed by atoms with Gasteiger partial charge in [-0.1, -0.05) is 23.7 Å². The lowest BCUT2D eigenvalue weighted by atomic mass is 10.0. The van der Waals surface area contributed by atoms with Gasteiger partial charge in [-0.15, -0.1) is 0 Å². The van der Waals surface area contributed by atoms with Crippen molar-refractivity contribution in [2.45, 2.75) is 6.42 Å². The Bertz CT molecular complexity index is 1240. The second-order valence-electron chi connectivity index (χ2n) is 8.50. The Labute approximate surface area is 221 Å². The number of pyridine rings is 1. The monoisotopic (exact) mass is 520 g/mol. The lowest BCUT2D eigenvalue weighted by Crippen LogP contribution is -2.40. The lowest BCUT2D eigenvalue weighted by Gasteiger charge is -2.26. The molecule has 0 saturated carbocycles. The van der Waals surface area contributed by atoms with Crippen LogP contribution in [0, 0.1) is 0 Å². The summed E-state index contributed by atoms with van der Waals surface area (Å²) in [4.78, 5) is 30.5. The van der Waals surface area contributed by atoms with Gasteiger partial charge in [0.1, 0.15) is 11.6 Å². The van der Waals surface area contributed by atoms with E-state index in [1.807, 2.05) is 36.4 Å². The molecule has 1 aliphatic rings. The summed E-state index contributed by atoms with van der Waals surface area (Å²) in [6, 6.07) is 16.5. The largest absolute Gasteiger partial charge is 0.493 e. The molecule has 0 atom stereocenters. The summed E-state index contributed by atoms with van der Waals surface area (Å²) in [7, 11) is 0. The molecule has 0 bridgehead atoms. The Balaban J connectivity index is 1.25. The first kappa shape index (κ1) is 26.2. The number of anilines is 1. The highest BCUT2D eigenvalue weighted by Gasteiger charge is 2.18. The third kappa shape index (κ3) is 7.80. The Morgan fingerprint density at radius 2 is 1.86 bits per heavy atom. The van der Waals surface area contributed by atoms with Gasteiger partial charge in [0.15, 0.2) is 0 Å². The van der Waals surface area contributed by atoms with Gasteiger partial charge < -0.3 is 25.4 Å². The van der Waals surface area contributed by atoms with Gasteiger partial charge in [0, 0.05) is 42.5 Å². The van der Waals surface area contributed by atoms with Gasteiger partial charge in [-0.3, -0.25) is 9.59 Å². The fourth-order valence-corrected chi connectivity index (χ4v) is 4.01. The first-order valence-electron chi connectivity index (χ1n) is 12.1. The molecule has 2 amide bonds. The van der Waals surface area contributed by atoms with Crippen molar-refractivity contribution in [3.8, 4) is 16.9 Å². The van der Waals surface area contributed by atoms with Crippen LogP contribution < -0.4 is 15.8 Å². The zero-order valence-corrected chi connectivity index (χ0v) is 21.1. The third-order valence-electron chi connectivity index (χ3n) is 5.76. The molecular formula is C28H29ClN4O4. The van der Waals surface area contributed by atoms with Gasteiger partial charge in [-0.05, 0) is 71.7 Å². The summed E-state index contributed by atoms with van der Waals surface area (Å²) < 4.78 is 11.2. The van der Waals surface area contributed by atoms with Crippen molar-refractivity contribution in [3.63, 3.8) is 0 Å². The number of hydrogen-bond acceptors (Lipinski definition) is 6. The van der Waals surface area contributed by atoms with Crippen molar-refractivity contribution in [3.05, 3.63) is 83.0 Å². The van der Waals surface area contributed by atoms with E-state index in [-0.39, 0.29) is 11.8 Å². The van der Waals surface area contributed by atoms with Gasteiger partial charge in [0.2, 0.25) is 5.91 Å². The zero-order chi connectivity index (χ0) is 26.0. The van der Waals surface area contributed by atoms with E-state index in [0.29, 0.717) is 68.0 Å². The predicted octanol–water partition coefficient (Wildman–Crippen LogP) is 4.06. The van der Waals surface area contributed by atoms with Gasteiger partial charge >= 0.3 is 0 Å². The molecular weight excluding hydrogens is 492 g/mol. The first-order chi connectivity index (χ1) is 18.0. The topological polar surface area (TPSA) is 107 Å². The molecule has 2 aromatic carbocycles. The highest BCUT2D eigenvalue weighted by Crippen LogP contribution is 2.29. The number of nitrogens with zero attached hydrogens (tertiary/aromatic N) is 2. The molecule has 1 aromatic heterocycles. The van der Waals surface area contributed by atoms with E-state index < -0.39 is 0 Å². The molecule has 2 heterocycles. The highest BCUT2D eigenvalue weighted by atomic mass is 35.5. The Morgan fingerprint density at radius 3 is 2.59 bits per heavy atom. The zero-order valence-electron chi connectivity index (χ0n) is 20.4. The first-order valence-corrected chi connectivity index (χ1v) is 12.4. The van der Waals surface area contributed by atoms with Gasteiger partial charge in [-0.2, -0.15) is 0 Å². The fraction of sp³-hybridized carbons (Fsp3) is 0.250. The SMILES string of the molecule is Nc1ccc(/C=C/C(=O)NCCCOc2cc(Cl)cc(-c3ccc(C(=O)N4CCOCC4)cc3)c2)cn1. The highest BCUT2D eigenvalue weighted by molar-refractivity contribution is 6.31. The number of halogens is 1. The molecule has 0 aliphatic carbocycles. The van der Waals surface area contributed by atoms with Gasteiger partial charge in [0.25, 0.3) is 5.91 Å². The van der Waals surface area contributed by atoms with Crippen LogP contribution in [0.3, 0.4) is 0 Å². The van der Waals surface area contributed by atoms with Crippen LogP contribution in [0.15, 0.2) is 66.9 Å². The quantitative estimate of drug-likeness (QED) is 0.325. The van der Waals surface area contributed by atoms with E-state index in [0.717, 1.165) is 16.7 Å². The number of nitrogen functional groups attached to an aromatic ring is 1. The predicted molar refractivity (Wildman–Crippen MR) is 144 cm³/mol. The minimum absolute atomic E-state index is 0.00908. The summed E-state index contributed by atoms with van der Waals surface area (Å²) in [5.74, 6) is 0.882. The average Bonchev–Trinajstić information content (AvgIpc) is 2.92. The van der Waals surface area contributed by atoms with Crippen LogP contribution in [0.25, 0.3) is 17.2 Å². The molecule has 9 heteroatoms. The number of carbonyl (C=O) groups excluding carboxylic acids is 2. The van der Waals surface area contributed by atoms with Crippen LogP contribution in [-0.4, -0.2) is 61.2 Å². The van der Waals surface area contributed by atoms with E-state index in [2.05, 4.69) is 10.3 Å². The molecule has 0 unspecified atom stereocenters. The van der Waals surface area contributed by atoms with Crippen molar-refractivity contribution in [2.24, 2.45) is 0 Å². The molecule has 8 nitrogen and oxygen atoms in total. The van der Waals surface area contributed by atoms with Crippen molar-refractivity contribution in [1.29, 1.82) is 0 Å². The number of morpholine rings is 1. The standard InChI is InChI=1S/C28H29ClN4O4/c29-24-16-23(21-4-6-22(7-5-21)28(35)33-11-14-36-15-12-33)17-25(18-24)37-13-1-10-31-27(34)9-3-20-2-8-26(30)32-19-20/h2-9,16-19H,1,10-15H2,(H2,30,32)(H,31,34)/b9-3+. The second-order valence-corrected chi connectivity index (χ2v) is 8.94. The summed E-state index contributed by atoms with van der Waals surface area (Å²) in [5.41, 5.74) is 8.82. The number of ether oxygens (including phenoxy) is 2. The number of rotatable bonds is 9. The molecule has 1 saturated heterocycles. The maximum absolute atomic E-state index is 12.7. The molecule has 0 radical (unpaired) electrons. The molecule has 37 heavy (non-hydrogen) atoms. The number of hydrogen-bond donors (Lipinski definition) is 2. The van der Waals surface area contributed by atoms with Crippen molar-refractivity contribution >= 4 is 35.3 Å². The molecule has 4 rings (SSSR count). The number of aromatic nitrogens is 1. The molecule has 1 fully saturated rings. The molecule has 0 spiro atoms. The van der Waals surface area contributed by atoms with Gasteiger partial charge in [0.05, 0.1) is 19.8 Å². The molecule has 1 aliphatic heterocycles. The van der Waals surface area contributed by atoms with Crippen LogP contribution in [-0.2, 0) is 9.53 Å². The molecule has 192 valence electrons. The number of carbonyl (C=O) groups is 2. The second kappa shape index (κ2) is 12.9. The normalized spacial score (nSPS) is 13.5. The average molecular weight is 521 g/mol. The van der Waals surface area contributed by atoms with E-state index in [4.69, 9.17) is 26.8 Å². The summed E-state index contributed by atoms with van der Waals surface area (Å²) in [6.45, 7) is 3.24. The summed E-state index contributed by atoms with van der Waals surface area (Å²) in [6.07, 6.45) is 5.36. The maximum Gasteiger partial charge on any atom is 0.254 e. The van der Waals surface area contributed by atoms with Crippen molar-refractivity contribution in [1.82, 2.24) is 15.2 Å². The van der Waals surface area contributed by atoms with Crippen LogP contribution in [0.2, 0.25) is 5.02 Å². The Morgan fingerprint density at radius 1 is 1.08 bits per heavy atom. The third-order valence-corrected chi connectivity index (χ3v) is 5.98. The lowest BCUT2D eigenvalue weighted by molar-refractivity contribution is -0.116. The van der Waals surface area contributed by atoms with E-state index in [1.54, 1.807) is 35.4 Å². The molecule has 3 aromatic rings. The number of amides is 2. The van der Waals surface area contributed by atoms with Crippen LogP contribution in [0.1, 0.15) is 22.3 Å². The summed E-state index contributed by atoms with van der Waals surface area (Å²) >= 11 is 6.33. The smallest absolute Gasteiger partial charge is 0.254 e. The summed E-state index contributed by atoms with van der Waals surface area (Å²) in [5, 5.41) is 3.37. The number of benzene rings is 2. The van der Waals surface area contributed by atoms with E-state index >= 15 is 0 Å². The van der Waals surface area contributed by atoms with Crippen LogP contribution >= 0.6 is 11.6 Å². The van der Waals surface area contributed by atoms with Gasteiger partial charge in [-0.25, -0.2) is 4.98 Å². The molecule has 3 N–H and O–H groups in total. The Kier molecular flexibility index (Phi) is 9.13. The minimum Gasteiger partial charge on any atom is -0.493 e. The number of nitrogens with one attached hydrogen (secondary N) is 1. The maximum atomic E-state index is 12.7. The Hall–Kier alpha value is -3.88.